The van der Waals surface area contributed by atoms with Gasteiger partial charge in [-0.2, -0.15) is 13.2 Å². The monoisotopic (exact) mass is 503 g/mol. The maximum absolute atomic E-state index is 13.4. The molecule has 3 aliphatic rings. The van der Waals surface area contributed by atoms with Gasteiger partial charge in [-0.3, -0.25) is 14.6 Å². The molecule has 3 fully saturated rings. The van der Waals surface area contributed by atoms with E-state index in [0.29, 0.717) is 24.8 Å². The second-order valence-corrected chi connectivity index (χ2v) is 9.61. The molecular weight excluding hydrogens is 475 g/mol. The van der Waals surface area contributed by atoms with Crippen molar-refractivity contribution in [3.05, 3.63) is 53.5 Å². The third kappa shape index (κ3) is 5.16. The van der Waals surface area contributed by atoms with Gasteiger partial charge in [0.25, 0.3) is 0 Å². The minimum absolute atomic E-state index is 0.0726. The minimum Gasteiger partial charge on any atom is -0.471 e. The summed E-state index contributed by atoms with van der Waals surface area (Å²) in [7, 11) is 1.53. The van der Waals surface area contributed by atoms with Crippen LogP contribution >= 0.6 is 0 Å². The van der Waals surface area contributed by atoms with Crippen molar-refractivity contribution in [3.8, 4) is 5.88 Å². The fourth-order valence-corrected chi connectivity index (χ4v) is 5.02. The van der Waals surface area contributed by atoms with E-state index in [1.807, 2.05) is 0 Å². The number of carbonyl (C=O) groups excluding carboxylic acids is 2. The summed E-state index contributed by atoms with van der Waals surface area (Å²) >= 11 is 0. The van der Waals surface area contributed by atoms with Crippen LogP contribution in [0.3, 0.4) is 0 Å². The summed E-state index contributed by atoms with van der Waals surface area (Å²) in [5, 5.41) is 2.85. The van der Waals surface area contributed by atoms with Crippen LogP contribution in [0.25, 0.3) is 0 Å². The highest BCUT2D eigenvalue weighted by atomic mass is 19.4. The molecule has 2 saturated heterocycles. The highest BCUT2D eigenvalue weighted by Gasteiger charge is 2.41. The van der Waals surface area contributed by atoms with E-state index in [1.165, 1.54) is 19.2 Å². The predicted molar refractivity (Wildman–Crippen MR) is 123 cm³/mol. The van der Waals surface area contributed by atoms with E-state index in [2.05, 4.69) is 15.3 Å². The van der Waals surface area contributed by atoms with Crippen LogP contribution in [0, 0.1) is 0 Å². The molecule has 1 saturated carbocycles. The van der Waals surface area contributed by atoms with Crippen molar-refractivity contribution in [1.29, 1.82) is 0 Å². The molecule has 36 heavy (non-hydrogen) atoms. The van der Waals surface area contributed by atoms with Gasteiger partial charge < -0.3 is 19.9 Å². The maximum atomic E-state index is 13.4. The lowest BCUT2D eigenvalue weighted by atomic mass is 10.0. The molecule has 1 N–H and O–H groups in total. The molecule has 1 aromatic carbocycles. The van der Waals surface area contributed by atoms with E-state index in [4.69, 9.17) is 4.74 Å². The molecule has 0 spiro atoms. The van der Waals surface area contributed by atoms with Crippen LogP contribution in [0.15, 0.2) is 36.7 Å². The number of aromatic nitrogens is 2. The molecule has 8 nitrogen and oxygen atoms in total. The van der Waals surface area contributed by atoms with Crippen LogP contribution in [0.2, 0.25) is 0 Å². The smallest absolute Gasteiger partial charge is 0.416 e. The lowest BCUT2D eigenvalue weighted by Gasteiger charge is -2.29. The van der Waals surface area contributed by atoms with Gasteiger partial charge in [-0.05, 0) is 37.6 Å². The second kappa shape index (κ2) is 9.68. The highest BCUT2D eigenvalue weighted by molar-refractivity contribution is 5.85. The third-order valence-corrected chi connectivity index (χ3v) is 7.05. The summed E-state index contributed by atoms with van der Waals surface area (Å²) in [4.78, 5) is 38.3. The number of ether oxygens (including phenoxy) is 1. The van der Waals surface area contributed by atoms with E-state index in [-0.39, 0.29) is 49.0 Å². The Labute approximate surface area is 206 Å². The van der Waals surface area contributed by atoms with E-state index < -0.39 is 17.8 Å². The molecule has 1 aliphatic carbocycles. The number of likely N-dealkylation sites (N-methyl/N-ethyl adjacent to an activating group) is 1. The van der Waals surface area contributed by atoms with E-state index >= 15 is 0 Å². The van der Waals surface area contributed by atoms with E-state index in [1.54, 1.807) is 22.2 Å². The largest absolute Gasteiger partial charge is 0.471 e. The first kappa shape index (κ1) is 24.5. The number of benzene rings is 1. The topological polar surface area (TPSA) is 87.7 Å². The zero-order valence-corrected chi connectivity index (χ0v) is 19.9. The average molecular weight is 504 g/mol. The van der Waals surface area contributed by atoms with E-state index in [0.717, 1.165) is 30.7 Å². The first-order chi connectivity index (χ1) is 17.2. The normalized spacial score (nSPS) is 23.3. The highest BCUT2D eigenvalue weighted by Crippen LogP contribution is 2.38. The molecule has 1 aromatic heterocycles. The lowest BCUT2D eigenvalue weighted by Crippen LogP contribution is -2.44. The molecular formula is C25H28F3N5O3. The van der Waals surface area contributed by atoms with Gasteiger partial charge >= 0.3 is 6.18 Å². The Morgan fingerprint density at radius 3 is 2.67 bits per heavy atom. The Kier molecular flexibility index (Phi) is 6.59. The number of carbonyl (C=O) groups is 2. The Balaban J connectivity index is 1.27. The zero-order chi connectivity index (χ0) is 25.4. The van der Waals surface area contributed by atoms with Gasteiger partial charge in [0.1, 0.15) is 12.1 Å². The van der Waals surface area contributed by atoms with Gasteiger partial charge in [-0.25, -0.2) is 4.98 Å². The molecule has 192 valence electrons. The number of nitrogens with one attached hydrogen (secondary N) is 1. The molecule has 2 aromatic rings. The quantitative estimate of drug-likeness (QED) is 0.653. The fourth-order valence-electron chi connectivity index (χ4n) is 5.02. The first-order valence-corrected chi connectivity index (χ1v) is 12.1. The van der Waals surface area contributed by atoms with Crippen molar-refractivity contribution in [2.24, 2.45) is 0 Å². The SMILES string of the molecule is CNC(C(=O)N1CCC(=O)N2C[C@@H](Oc3cnc(C4CC4)cn3)C[C@@H]2C1)c1cccc(C(F)(F)F)c1. The van der Waals surface area contributed by atoms with Crippen LogP contribution in [0.4, 0.5) is 13.2 Å². The average Bonchev–Trinajstić information content (AvgIpc) is 3.65. The van der Waals surface area contributed by atoms with Crippen LogP contribution in [-0.2, 0) is 15.8 Å². The molecule has 2 aliphatic heterocycles. The predicted octanol–water partition coefficient (Wildman–Crippen LogP) is 2.91. The number of halogens is 3. The van der Waals surface area contributed by atoms with Crippen LogP contribution in [0.1, 0.15) is 54.5 Å². The van der Waals surface area contributed by atoms with Crippen molar-refractivity contribution < 1.29 is 27.5 Å². The Morgan fingerprint density at radius 1 is 1.19 bits per heavy atom. The molecule has 11 heteroatoms. The van der Waals surface area contributed by atoms with Gasteiger partial charge in [-0.15, -0.1) is 0 Å². The summed E-state index contributed by atoms with van der Waals surface area (Å²) in [5.74, 6) is 0.463. The van der Waals surface area contributed by atoms with Crippen molar-refractivity contribution in [3.63, 3.8) is 0 Å². The summed E-state index contributed by atoms with van der Waals surface area (Å²) in [6, 6.07) is 3.56. The van der Waals surface area contributed by atoms with Crippen LogP contribution < -0.4 is 10.1 Å². The lowest BCUT2D eigenvalue weighted by molar-refractivity contribution is -0.138. The number of rotatable bonds is 6. The third-order valence-electron chi connectivity index (χ3n) is 7.05. The molecule has 3 heterocycles. The summed E-state index contributed by atoms with van der Waals surface area (Å²) < 4.78 is 45.6. The number of fused-ring (bicyclic) bond motifs is 1. The summed E-state index contributed by atoms with van der Waals surface area (Å²) in [6.07, 6.45) is 1.49. The first-order valence-electron chi connectivity index (χ1n) is 12.1. The summed E-state index contributed by atoms with van der Waals surface area (Å²) in [6.45, 7) is 0.885. The van der Waals surface area contributed by atoms with Gasteiger partial charge in [0.2, 0.25) is 17.7 Å². The van der Waals surface area contributed by atoms with Crippen LogP contribution in [0.5, 0.6) is 5.88 Å². The standard InChI is InChI=1S/C25H28F3N5O3/c1-29-23(16-3-2-4-17(9-16)25(26,27)28)24(35)32-8-7-22(34)33-14-19(10-18(33)13-32)36-21-12-30-20(11-31-21)15-5-6-15/h2-4,9,11-12,15,18-19,23,29H,5-8,10,13-14H2,1H3/t18-,19+,23?/m1/s1. The number of nitrogens with zero attached hydrogens (tertiary/aromatic N) is 4. The number of amides is 2. The van der Waals surface area contributed by atoms with Crippen molar-refractivity contribution in [2.75, 3.05) is 26.7 Å². The van der Waals surface area contributed by atoms with Crippen molar-refractivity contribution in [1.82, 2.24) is 25.1 Å². The molecule has 2 amide bonds. The molecule has 0 bridgehead atoms. The summed E-state index contributed by atoms with van der Waals surface area (Å²) in [5.41, 5.74) is 0.381. The number of alkyl halides is 3. The number of hydrogen-bond acceptors (Lipinski definition) is 6. The molecule has 3 atom stereocenters. The van der Waals surface area contributed by atoms with Gasteiger partial charge in [-0.1, -0.05) is 12.1 Å². The second-order valence-electron chi connectivity index (χ2n) is 9.61. The zero-order valence-electron chi connectivity index (χ0n) is 19.9. The van der Waals surface area contributed by atoms with Crippen LogP contribution in [-0.4, -0.2) is 70.4 Å². The van der Waals surface area contributed by atoms with Crippen molar-refractivity contribution >= 4 is 11.8 Å². The van der Waals surface area contributed by atoms with Gasteiger partial charge in [0, 0.05) is 31.8 Å². The van der Waals surface area contributed by atoms with Gasteiger partial charge in [0.05, 0.1) is 36.2 Å². The molecule has 5 rings (SSSR count). The molecule has 1 unspecified atom stereocenters. The van der Waals surface area contributed by atoms with Gasteiger partial charge in [0.15, 0.2) is 0 Å². The fraction of sp³-hybridized carbons (Fsp3) is 0.520. The Bertz CT molecular complexity index is 1120. The Morgan fingerprint density at radius 2 is 2.00 bits per heavy atom. The molecule has 0 radical (unpaired) electrons. The minimum atomic E-state index is -4.51. The van der Waals surface area contributed by atoms with E-state index in [9.17, 15) is 22.8 Å². The maximum Gasteiger partial charge on any atom is 0.416 e. The van der Waals surface area contributed by atoms with Crippen molar-refractivity contribution in [2.45, 2.75) is 56.0 Å². The Hall–Kier alpha value is -3.21. The number of hydrogen-bond donors (Lipinski definition) is 1.